The fourth-order valence-corrected chi connectivity index (χ4v) is 4.39. The first kappa shape index (κ1) is 9.15. The molecule has 0 bridgehead atoms. The van der Waals surface area contributed by atoms with Crippen LogP contribution in [-0.2, 0) is 19.4 Å². The molecule has 0 saturated heterocycles. The molecule has 0 fully saturated rings. The summed E-state index contributed by atoms with van der Waals surface area (Å²) in [7, 11) is 0. The van der Waals surface area contributed by atoms with Gasteiger partial charge >= 0.3 is 0 Å². The first-order valence-corrected chi connectivity index (χ1v) is 6.66. The molecule has 0 N–H and O–H groups in total. The van der Waals surface area contributed by atoms with E-state index in [0.717, 1.165) is 11.4 Å². The Hall–Kier alpha value is -0.100. The highest BCUT2D eigenvalue weighted by molar-refractivity contribution is 14.1. The Morgan fingerprint density at radius 2 is 2.00 bits per heavy atom. The summed E-state index contributed by atoms with van der Waals surface area (Å²) in [5.74, 6) is 0.222. The number of aryl methyl sites for hydroxylation is 1. The van der Waals surface area contributed by atoms with Crippen LogP contribution in [0.25, 0.3) is 0 Å². The Morgan fingerprint density at radius 1 is 1.21 bits per heavy atom. The monoisotopic (exact) mass is 319 g/mol. The van der Waals surface area contributed by atoms with Crippen LogP contribution in [0, 0.1) is 0 Å². The first-order chi connectivity index (χ1) is 6.77. The lowest BCUT2D eigenvalue weighted by atomic mass is 9.95. The lowest BCUT2D eigenvalue weighted by molar-refractivity contribution is 0.0908. The number of hydrogen-bond donors (Lipinski definition) is 0. The summed E-state index contributed by atoms with van der Waals surface area (Å²) >= 11 is 3.86. The highest BCUT2D eigenvalue weighted by Gasteiger charge is 2.32. The van der Waals surface area contributed by atoms with Gasteiger partial charge in [0.25, 0.3) is 5.91 Å². The molecule has 1 aliphatic carbocycles. The van der Waals surface area contributed by atoms with Crippen LogP contribution in [0.4, 0.5) is 0 Å². The van der Waals surface area contributed by atoms with E-state index in [0.29, 0.717) is 0 Å². The third-order valence-electron chi connectivity index (χ3n) is 2.99. The number of halogens is 1. The van der Waals surface area contributed by atoms with Crippen LogP contribution in [0.5, 0.6) is 0 Å². The zero-order chi connectivity index (χ0) is 9.71. The van der Waals surface area contributed by atoms with Crippen molar-refractivity contribution in [2.75, 3.05) is 0 Å². The molecule has 0 unspecified atom stereocenters. The van der Waals surface area contributed by atoms with E-state index in [9.17, 15) is 4.79 Å². The van der Waals surface area contributed by atoms with Gasteiger partial charge in [0, 0.05) is 4.88 Å². The van der Waals surface area contributed by atoms with Gasteiger partial charge in [-0.1, -0.05) is 0 Å². The Kier molecular flexibility index (Phi) is 2.09. The summed E-state index contributed by atoms with van der Waals surface area (Å²) in [5, 5.41) is 0. The molecule has 2 nitrogen and oxygen atoms in total. The van der Waals surface area contributed by atoms with Gasteiger partial charge in [0.05, 0.1) is 34.3 Å². The van der Waals surface area contributed by atoms with Gasteiger partial charge in [-0.05, 0) is 36.8 Å². The van der Waals surface area contributed by atoms with Gasteiger partial charge in [-0.3, -0.25) is 7.91 Å². The third-order valence-corrected chi connectivity index (χ3v) is 5.09. The Bertz CT molecular complexity index is 412. The molecule has 0 spiro atoms. The number of amides is 1. The van der Waals surface area contributed by atoms with Crippen molar-refractivity contribution in [1.29, 1.82) is 0 Å². The highest BCUT2D eigenvalue weighted by Crippen LogP contribution is 2.40. The van der Waals surface area contributed by atoms with E-state index in [1.54, 1.807) is 14.5 Å². The number of nitrogens with zero attached hydrogens (tertiary/aromatic N) is 1. The van der Waals surface area contributed by atoms with Crippen molar-refractivity contribution < 1.29 is 4.79 Å². The van der Waals surface area contributed by atoms with Gasteiger partial charge < -0.3 is 0 Å². The minimum absolute atomic E-state index is 0.222. The first-order valence-electron chi connectivity index (χ1n) is 4.88. The topological polar surface area (TPSA) is 20.3 Å². The standard InChI is InChI=1S/C10H10INOS/c11-12-5-7-6-3-1-2-4-8(6)14-9(7)10(12)13/h1-5H2. The number of fused-ring (bicyclic) bond motifs is 3. The summed E-state index contributed by atoms with van der Waals surface area (Å²) in [6, 6.07) is 0. The lowest BCUT2D eigenvalue weighted by Crippen LogP contribution is -2.11. The Morgan fingerprint density at radius 3 is 2.86 bits per heavy atom. The average Bonchev–Trinajstić information content (AvgIpc) is 2.67. The van der Waals surface area contributed by atoms with Crippen molar-refractivity contribution in [3.63, 3.8) is 0 Å². The summed E-state index contributed by atoms with van der Waals surface area (Å²) in [6.07, 6.45) is 4.99. The predicted molar refractivity (Wildman–Crippen MR) is 64.9 cm³/mol. The number of thiophene rings is 1. The second-order valence-corrected chi connectivity index (χ2v) is 6.11. The maximum atomic E-state index is 11.7. The van der Waals surface area contributed by atoms with Crippen LogP contribution < -0.4 is 0 Å². The van der Waals surface area contributed by atoms with E-state index in [-0.39, 0.29) is 5.91 Å². The molecular formula is C10H10INOS. The Balaban J connectivity index is 2.14. The van der Waals surface area contributed by atoms with Crippen molar-refractivity contribution >= 4 is 40.1 Å². The lowest BCUT2D eigenvalue weighted by Gasteiger charge is -2.13. The zero-order valence-corrected chi connectivity index (χ0v) is 10.7. The van der Waals surface area contributed by atoms with Gasteiger partial charge in [0.1, 0.15) is 0 Å². The molecule has 1 amide bonds. The van der Waals surface area contributed by atoms with Crippen LogP contribution in [0.1, 0.15) is 38.5 Å². The molecule has 4 heteroatoms. The van der Waals surface area contributed by atoms with E-state index in [1.807, 2.05) is 0 Å². The number of rotatable bonds is 0. The molecule has 14 heavy (non-hydrogen) atoms. The SMILES string of the molecule is O=C1c2sc3c(c2CN1I)CCCC3. The Labute approximate surface area is 101 Å². The second kappa shape index (κ2) is 3.20. The largest absolute Gasteiger partial charge is 0.276 e. The van der Waals surface area contributed by atoms with Gasteiger partial charge in [-0.15, -0.1) is 11.3 Å². The molecule has 0 radical (unpaired) electrons. The van der Waals surface area contributed by atoms with Crippen LogP contribution in [-0.4, -0.2) is 9.02 Å². The van der Waals surface area contributed by atoms with Crippen molar-refractivity contribution in [3.05, 3.63) is 20.9 Å². The molecule has 2 heterocycles. The molecule has 74 valence electrons. The normalized spacial score (nSPS) is 19.8. The fraction of sp³-hybridized carbons (Fsp3) is 0.500. The van der Waals surface area contributed by atoms with Gasteiger partial charge in [0.15, 0.2) is 0 Å². The highest BCUT2D eigenvalue weighted by atomic mass is 127. The minimum atomic E-state index is 0.222. The van der Waals surface area contributed by atoms with Crippen molar-refractivity contribution in [2.45, 2.75) is 32.2 Å². The molecule has 0 saturated carbocycles. The van der Waals surface area contributed by atoms with Gasteiger partial charge in [-0.2, -0.15) is 0 Å². The minimum Gasteiger partial charge on any atom is -0.276 e. The smallest absolute Gasteiger partial charge is 0.273 e. The fourth-order valence-electron chi connectivity index (χ4n) is 2.29. The molecule has 0 aromatic carbocycles. The van der Waals surface area contributed by atoms with E-state index >= 15 is 0 Å². The predicted octanol–water partition coefficient (Wildman–Crippen LogP) is 2.93. The zero-order valence-electron chi connectivity index (χ0n) is 7.68. The van der Waals surface area contributed by atoms with E-state index in [2.05, 4.69) is 22.9 Å². The van der Waals surface area contributed by atoms with E-state index in [1.165, 1.54) is 41.7 Å². The molecule has 1 aliphatic heterocycles. The quantitative estimate of drug-likeness (QED) is 0.532. The van der Waals surface area contributed by atoms with Gasteiger partial charge in [0.2, 0.25) is 0 Å². The average molecular weight is 319 g/mol. The van der Waals surface area contributed by atoms with Crippen LogP contribution in [0.2, 0.25) is 0 Å². The van der Waals surface area contributed by atoms with Crippen molar-refractivity contribution in [1.82, 2.24) is 3.11 Å². The molecular weight excluding hydrogens is 309 g/mol. The van der Waals surface area contributed by atoms with Crippen LogP contribution in [0.15, 0.2) is 0 Å². The van der Waals surface area contributed by atoms with E-state index in [4.69, 9.17) is 0 Å². The van der Waals surface area contributed by atoms with Crippen LogP contribution >= 0.6 is 34.2 Å². The van der Waals surface area contributed by atoms with Crippen molar-refractivity contribution in [2.24, 2.45) is 0 Å². The maximum absolute atomic E-state index is 11.7. The van der Waals surface area contributed by atoms with Crippen molar-refractivity contribution in [3.8, 4) is 0 Å². The second-order valence-electron chi connectivity index (χ2n) is 3.84. The summed E-state index contributed by atoms with van der Waals surface area (Å²) < 4.78 is 1.80. The summed E-state index contributed by atoms with van der Waals surface area (Å²) in [5.41, 5.74) is 2.84. The number of carbonyl (C=O) groups excluding carboxylic acids is 1. The van der Waals surface area contributed by atoms with Crippen LogP contribution in [0.3, 0.4) is 0 Å². The third kappa shape index (κ3) is 1.16. The number of carbonyl (C=O) groups is 1. The molecule has 1 aromatic heterocycles. The molecule has 1 aromatic rings. The molecule has 2 aliphatic rings. The summed E-state index contributed by atoms with van der Waals surface area (Å²) in [6.45, 7) is 0.834. The molecule has 3 rings (SSSR count). The maximum Gasteiger partial charge on any atom is 0.273 e. The van der Waals surface area contributed by atoms with E-state index < -0.39 is 0 Å². The summed E-state index contributed by atoms with van der Waals surface area (Å²) in [4.78, 5) is 14.2. The van der Waals surface area contributed by atoms with Gasteiger partial charge in [-0.25, -0.2) is 0 Å². The molecule has 0 atom stereocenters. The number of hydrogen-bond acceptors (Lipinski definition) is 2.